The van der Waals surface area contributed by atoms with Crippen LogP contribution in [0.2, 0.25) is 0 Å². The molecule has 4 aromatic carbocycles. The number of nitrogens with one attached hydrogen (secondary N) is 4. The zero-order valence-electron chi connectivity index (χ0n) is 31.4. The number of carbonyl (C=O) groups is 6. The minimum atomic E-state index is -1.43. The number of amides is 6. The summed E-state index contributed by atoms with van der Waals surface area (Å²) >= 11 is 0. The maximum atomic E-state index is 14.0. The molecule has 6 amide bonds. The molecule has 15 nitrogen and oxygen atoms in total. The summed E-state index contributed by atoms with van der Waals surface area (Å²) in [7, 11) is 0. The van der Waals surface area contributed by atoms with E-state index in [-0.39, 0.29) is 44.6 Å². The normalized spacial score (nSPS) is 12.8. The second-order valence-corrected chi connectivity index (χ2v) is 13.4. The fourth-order valence-electron chi connectivity index (χ4n) is 6.01. The molecule has 0 heterocycles. The first-order valence-electron chi connectivity index (χ1n) is 18.4. The molecule has 0 aliphatic rings. The lowest BCUT2D eigenvalue weighted by Gasteiger charge is -2.26. The standard InChI is InChI=1S/C42H49N9O6/c43-36(52)26-35(48-37(53)25-29-18-20-31(21-19-29)30-15-8-3-9-16-30)41(57)49-32(17-10-22-47-42(45)46)39(55)51-34(24-28-13-6-2-7-14-28)40(56)50-33(38(44)54)23-27-11-4-1-5-12-27/h1-9,11-16,18-21,32-35H,10,17,22-26H2,(H2,43,52)(H2,44,54)(H,48,53)(H,49,57)(H,50,56)(H,51,55)(H4,45,46,47)/t32-,33+,34+,35+/m1/s1. The first-order chi connectivity index (χ1) is 27.4. The van der Waals surface area contributed by atoms with Crippen LogP contribution in [0.3, 0.4) is 0 Å². The average Bonchev–Trinajstić information content (AvgIpc) is 3.19. The van der Waals surface area contributed by atoms with Gasteiger partial charge in [0.05, 0.1) is 12.8 Å². The molecule has 0 saturated carbocycles. The van der Waals surface area contributed by atoms with Gasteiger partial charge >= 0.3 is 0 Å². The number of hydrogen-bond donors (Lipinski definition) is 8. The Morgan fingerprint density at radius 1 is 0.509 bits per heavy atom. The Morgan fingerprint density at radius 2 is 0.982 bits per heavy atom. The zero-order valence-corrected chi connectivity index (χ0v) is 31.4. The summed E-state index contributed by atoms with van der Waals surface area (Å²) < 4.78 is 0. The van der Waals surface area contributed by atoms with E-state index >= 15 is 0 Å². The number of carbonyl (C=O) groups excluding carboxylic acids is 6. The van der Waals surface area contributed by atoms with E-state index in [1.54, 1.807) is 66.7 Å². The van der Waals surface area contributed by atoms with Crippen molar-refractivity contribution in [2.75, 3.05) is 6.54 Å². The number of aliphatic imine (C=N–C) groups is 1. The van der Waals surface area contributed by atoms with Gasteiger partial charge in [-0.25, -0.2) is 0 Å². The van der Waals surface area contributed by atoms with Gasteiger partial charge in [0.1, 0.15) is 24.2 Å². The Hall–Kier alpha value is -7.03. The molecule has 0 aliphatic heterocycles. The molecule has 0 aliphatic carbocycles. The third-order valence-electron chi connectivity index (χ3n) is 8.92. The van der Waals surface area contributed by atoms with Gasteiger partial charge in [0.2, 0.25) is 35.4 Å². The summed E-state index contributed by atoms with van der Waals surface area (Å²) in [5, 5.41) is 10.6. The van der Waals surface area contributed by atoms with Crippen molar-refractivity contribution >= 4 is 41.4 Å². The molecular formula is C42H49N9O6. The highest BCUT2D eigenvalue weighted by Gasteiger charge is 2.32. The third-order valence-corrected chi connectivity index (χ3v) is 8.92. The smallest absolute Gasteiger partial charge is 0.243 e. The van der Waals surface area contributed by atoms with Gasteiger partial charge in [-0.15, -0.1) is 0 Å². The minimum Gasteiger partial charge on any atom is -0.370 e. The Balaban J connectivity index is 1.51. The molecule has 0 spiro atoms. The molecule has 4 aromatic rings. The number of nitrogens with zero attached hydrogens (tertiary/aromatic N) is 1. The number of benzene rings is 4. The molecule has 57 heavy (non-hydrogen) atoms. The summed E-state index contributed by atoms with van der Waals surface area (Å²) in [6.45, 7) is 0.111. The van der Waals surface area contributed by atoms with Crippen molar-refractivity contribution in [1.29, 1.82) is 0 Å². The zero-order chi connectivity index (χ0) is 41.2. The minimum absolute atomic E-state index is 0.00303. The third kappa shape index (κ3) is 14.6. The molecule has 0 unspecified atom stereocenters. The second kappa shape index (κ2) is 21.8. The molecule has 0 saturated heterocycles. The quantitative estimate of drug-likeness (QED) is 0.0339. The molecule has 0 radical (unpaired) electrons. The van der Waals surface area contributed by atoms with Crippen LogP contribution in [0.1, 0.15) is 36.0 Å². The average molecular weight is 776 g/mol. The van der Waals surface area contributed by atoms with Gasteiger partial charge in [-0.2, -0.15) is 0 Å². The molecule has 12 N–H and O–H groups in total. The maximum absolute atomic E-state index is 14.0. The second-order valence-electron chi connectivity index (χ2n) is 13.4. The fraction of sp³-hybridized carbons (Fsp3) is 0.262. The number of guanidine groups is 1. The van der Waals surface area contributed by atoms with E-state index in [2.05, 4.69) is 26.3 Å². The Kier molecular flexibility index (Phi) is 16.3. The van der Waals surface area contributed by atoms with Crippen LogP contribution in [0.4, 0.5) is 0 Å². The lowest BCUT2D eigenvalue weighted by molar-refractivity contribution is -0.135. The van der Waals surface area contributed by atoms with Crippen LogP contribution >= 0.6 is 0 Å². The van der Waals surface area contributed by atoms with Gasteiger partial charge in [-0.3, -0.25) is 33.8 Å². The summed E-state index contributed by atoms with van der Waals surface area (Å²) in [5.74, 6) is -4.66. The van der Waals surface area contributed by atoms with Crippen LogP contribution in [0.25, 0.3) is 11.1 Å². The highest BCUT2D eigenvalue weighted by Crippen LogP contribution is 2.19. The van der Waals surface area contributed by atoms with E-state index < -0.39 is 66.0 Å². The molecule has 0 bridgehead atoms. The van der Waals surface area contributed by atoms with Gasteiger partial charge in [0.25, 0.3) is 0 Å². The van der Waals surface area contributed by atoms with Crippen LogP contribution < -0.4 is 44.2 Å². The van der Waals surface area contributed by atoms with Gasteiger partial charge in [0.15, 0.2) is 5.96 Å². The van der Waals surface area contributed by atoms with Gasteiger partial charge in [-0.1, -0.05) is 115 Å². The summed E-state index contributed by atoms with van der Waals surface area (Å²) in [6.07, 6.45) is -0.302. The first-order valence-corrected chi connectivity index (χ1v) is 18.4. The van der Waals surface area contributed by atoms with E-state index in [0.29, 0.717) is 11.1 Å². The van der Waals surface area contributed by atoms with E-state index in [1.165, 1.54) is 0 Å². The van der Waals surface area contributed by atoms with Crippen LogP contribution in [0.15, 0.2) is 120 Å². The molecule has 0 aromatic heterocycles. The highest BCUT2D eigenvalue weighted by molar-refractivity contribution is 5.97. The predicted octanol–water partition coefficient (Wildman–Crippen LogP) is 0.735. The summed E-state index contributed by atoms with van der Waals surface area (Å²) in [5.41, 5.74) is 26.2. The lowest BCUT2D eigenvalue weighted by atomic mass is 10.0. The van der Waals surface area contributed by atoms with Crippen molar-refractivity contribution < 1.29 is 28.8 Å². The highest BCUT2D eigenvalue weighted by atomic mass is 16.2. The topological polar surface area (TPSA) is 267 Å². The fourth-order valence-corrected chi connectivity index (χ4v) is 6.01. The first kappa shape index (κ1) is 42.7. The monoisotopic (exact) mass is 775 g/mol. The molecule has 298 valence electrons. The van der Waals surface area contributed by atoms with Crippen molar-refractivity contribution in [1.82, 2.24) is 21.3 Å². The molecule has 15 heteroatoms. The SMILES string of the molecule is NC(=O)C[C@H](NC(=O)Cc1ccc(-c2ccccc2)cc1)C(=O)N[C@H](CCCN=C(N)N)C(=O)N[C@@H](Cc1ccccc1)C(=O)N[C@@H](Cc1ccccc1)C(N)=O. The molecular weight excluding hydrogens is 727 g/mol. The van der Waals surface area contributed by atoms with Gasteiger partial charge in [0, 0.05) is 19.4 Å². The Morgan fingerprint density at radius 3 is 1.53 bits per heavy atom. The summed E-state index contributed by atoms with van der Waals surface area (Å²) in [6, 6.07) is 29.9. The predicted molar refractivity (Wildman–Crippen MR) is 217 cm³/mol. The molecule has 0 fully saturated rings. The van der Waals surface area contributed by atoms with Crippen LogP contribution in [-0.4, -0.2) is 72.1 Å². The van der Waals surface area contributed by atoms with Crippen molar-refractivity contribution in [3.63, 3.8) is 0 Å². The number of hydrogen-bond acceptors (Lipinski definition) is 7. The van der Waals surface area contributed by atoms with E-state index in [4.69, 9.17) is 22.9 Å². The number of primary amides is 2. The van der Waals surface area contributed by atoms with Crippen LogP contribution in [0, 0.1) is 0 Å². The van der Waals surface area contributed by atoms with Crippen LogP contribution in [-0.2, 0) is 48.0 Å². The van der Waals surface area contributed by atoms with Crippen LogP contribution in [0.5, 0.6) is 0 Å². The maximum Gasteiger partial charge on any atom is 0.243 e. The van der Waals surface area contributed by atoms with E-state index in [9.17, 15) is 28.8 Å². The largest absolute Gasteiger partial charge is 0.370 e. The Bertz CT molecular complexity index is 1990. The van der Waals surface area contributed by atoms with E-state index in [1.807, 2.05) is 48.5 Å². The van der Waals surface area contributed by atoms with E-state index in [0.717, 1.165) is 16.7 Å². The molecule has 4 atom stereocenters. The Labute approximate surface area is 331 Å². The number of rotatable bonds is 21. The van der Waals surface area contributed by atoms with Gasteiger partial charge in [-0.05, 0) is 40.7 Å². The van der Waals surface area contributed by atoms with Gasteiger partial charge < -0.3 is 44.2 Å². The van der Waals surface area contributed by atoms with Crippen molar-refractivity contribution in [2.24, 2.45) is 27.9 Å². The molecule has 4 rings (SSSR count). The van der Waals surface area contributed by atoms with Crippen molar-refractivity contribution in [2.45, 2.75) is 62.7 Å². The number of nitrogens with two attached hydrogens (primary N) is 4. The summed E-state index contributed by atoms with van der Waals surface area (Å²) in [4.78, 5) is 83.1. The lowest BCUT2D eigenvalue weighted by Crippen LogP contribution is -2.59. The van der Waals surface area contributed by atoms with Crippen molar-refractivity contribution in [3.05, 3.63) is 132 Å². The van der Waals surface area contributed by atoms with Crippen molar-refractivity contribution in [3.8, 4) is 11.1 Å².